The van der Waals surface area contributed by atoms with Crippen molar-refractivity contribution in [2.45, 2.75) is 59.2 Å². The van der Waals surface area contributed by atoms with Crippen LogP contribution in [0.4, 0.5) is 19.0 Å². The second-order valence-corrected chi connectivity index (χ2v) is 7.56. The van der Waals surface area contributed by atoms with Crippen LogP contribution in [-0.4, -0.2) is 16.2 Å². The van der Waals surface area contributed by atoms with Gasteiger partial charge in [0.25, 0.3) is 0 Å². The van der Waals surface area contributed by atoms with Gasteiger partial charge in [-0.25, -0.2) is 0 Å². The summed E-state index contributed by atoms with van der Waals surface area (Å²) in [7, 11) is 0. The minimum Gasteiger partial charge on any atom is -0.366 e. The summed E-state index contributed by atoms with van der Waals surface area (Å²) in [4.78, 5) is 0. The number of hydrogen-bond acceptors (Lipinski definition) is 3. The van der Waals surface area contributed by atoms with Gasteiger partial charge in [-0.15, -0.1) is 10.2 Å². The number of rotatable bonds is 2. The van der Waals surface area contributed by atoms with Crippen LogP contribution in [0.25, 0.3) is 0 Å². The second kappa shape index (κ2) is 5.14. The van der Waals surface area contributed by atoms with Crippen LogP contribution in [0.5, 0.6) is 0 Å². The Balaban J connectivity index is 2.08. The molecule has 0 radical (unpaired) electrons. The fraction of sp³-hybridized carbons (Fsp3) is 0.733. The number of nitrogens with one attached hydrogen (secondary N) is 1. The summed E-state index contributed by atoms with van der Waals surface area (Å²) in [5, 5.41) is 10.1. The maximum atomic E-state index is 12.5. The molecule has 0 bridgehead atoms. The SMILES string of the molecule is CC1(C)CC(Nc2ccc(C(F)(F)F)nn2)CC(C)(C)C1. The first-order valence-electron chi connectivity index (χ1n) is 7.14. The molecule has 0 unspecified atom stereocenters. The van der Waals surface area contributed by atoms with Crippen molar-refractivity contribution in [2.75, 3.05) is 5.32 Å². The van der Waals surface area contributed by atoms with E-state index in [1.807, 2.05) is 0 Å². The van der Waals surface area contributed by atoms with Crippen molar-refractivity contribution in [1.29, 1.82) is 0 Å². The van der Waals surface area contributed by atoms with Crippen molar-refractivity contribution < 1.29 is 13.2 Å². The molecule has 1 fully saturated rings. The molecule has 1 heterocycles. The molecular formula is C15H22F3N3. The highest BCUT2D eigenvalue weighted by atomic mass is 19.4. The van der Waals surface area contributed by atoms with Gasteiger partial charge in [-0.05, 0) is 42.2 Å². The molecule has 1 aromatic rings. The van der Waals surface area contributed by atoms with E-state index in [9.17, 15) is 13.2 Å². The van der Waals surface area contributed by atoms with E-state index in [2.05, 4.69) is 43.2 Å². The molecule has 118 valence electrons. The predicted molar refractivity (Wildman–Crippen MR) is 75.9 cm³/mol. The highest BCUT2D eigenvalue weighted by Gasteiger charge is 2.38. The third-order valence-electron chi connectivity index (χ3n) is 3.86. The molecule has 1 saturated carbocycles. The largest absolute Gasteiger partial charge is 0.435 e. The summed E-state index contributed by atoms with van der Waals surface area (Å²) in [6.07, 6.45) is -1.37. The molecule has 1 aliphatic carbocycles. The normalized spacial score (nSPS) is 22.0. The first-order chi connectivity index (χ1) is 9.47. The number of aromatic nitrogens is 2. The van der Waals surface area contributed by atoms with Crippen LogP contribution < -0.4 is 5.32 Å². The van der Waals surface area contributed by atoms with Crippen LogP contribution >= 0.6 is 0 Å². The molecule has 21 heavy (non-hydrogen) atoms. The van der Waals surface area contributed by atoms with Gasteiger partial charge >= 0.3 is 6.18 Å². The quantitative estimate of drug-likeness (QED) is 0.873. The van der Waals surface area contributed by atoms with Gasteiger partial charge in [-0.1, -0.05) is 27.7 Å². The number of alkyl halides is 3. The van der Waals surface area contributed by atoms with Crippen LogP contribution in [0.1, 0.15) is 52.7 Å². The van der Waals surface area contributed by atoms with E-state index in [0.29, 0.717) is 5.82 Å². The second-order valence-electron chi connectivity index (χ2n) is 7.56. The summed E-state index contributed by atoms with van der Waals surface area (Å²) >= 11 is 0. The van der Waals surface area contributed by atoms with E-state index in [4.69, 9.17) is 0 Å². The molecule has 0 atom stereocenters. The standard InChI is InChI=1S/C15H22F3N3/c1-13(2)7-10(8-14(3,4)9-13)19-12-6-5-11(20-21-12)15(16,17)18/h5-6,10H,7-9H2,1-4H3,(H,19,21). The molecular weight excluding hydrogens is 279 g/mol. The smallest absolute Gasteiger partial charge is 0.366 e. The average molecular weight is 301 g/mol. The van der Waals surface area contributed by atoms with Crippen molar-refractivity contribution >= 4 is 5.82 Å². The Kier molecular flexibility index (Phi) is 3.93. The first kappa shape index (κ1) is 16.0. The van der Waals surface area contributed by atoms with E-state index >= 15 is 0 Å². The molecule has 0 amide bonds. The molecule has 3 nitrogen and oxygen atoms in total. The summed E-state index contributed by atoms with van der Waals surface area (Å²) in [5.41, 5.74) is -0.547. The summed E-state index contributed by atoms with van der Waals surface area (Å²) in [6.45, 7) is 8.89. The molecule has 0 aromatic carbocycles. The lowest BCUT2D eigenvalue weighted by molar-refractivity contribution is -0.141. The zero-order valence-corrected chi connectivity index (χ0v) is 12.9. The minimum absolute atomic E-state index is 0.204. The van der Waals surface area contributed by atoms with Gasteiger partial charge in [0.2, 0.25) is 0 Å². The Labute approximate surface area is 123 Å². The molecule has 1 N–H and O–H groups in total. The van der Waals surface area contributed by atoms with Crippen LogP contribution in [0.3, 0.4) is 0 Å². The zero-order valence-electron chi connectivity index (χ0n) is 12.9. The molecule has 1 aromatic heterocycles. The maximum Gasteiger partial charge on any atom is 0.435 e. The van der Waals surface area contributed by atoms with Crippen LogP contribution in [0, 0.1) is 10.8 Å². The first-order valence-corrected chi connectivity index (χ1v) is 7.14. The van der Waals surface area contributed by atoms with E-state index in [-0.39, 0.29) is 16.9 Å². The molecule has 0 aliphatic heterocycles. The van der Waals surface area contributed by atoms with Gasteiger partial charge in [0.05, 0.1) is 0 Å². The van der Waals surface area contributed by atoms with Crippen molar-refractivity contribution in [1.82, 2.24) is 10.2 Å². The van der Waals surface area contributed by atoms with Gasteiger partial charge < -0.3 is 5.32 Å². The minimum atomic E-state index is -4.44. The lowest BCUT2D eigenvalue weighted by Crippen LogP contribution is -2.40. The maximum absolute atomic E-state index is 12.5. The Morgan fingerprint density at radius 3 is 2.05 bits per heavy atom. The fourth-order valence-corrected chi connectivity index (χ4v) is 3.72. The van der Waals surface area contributed by atoms with Gasteiger partial charge in [-0.2, -0.15) is 13.2 Å². The van der Waals surface area contributed by atoms with E-state index in [1.165, 1.54) is 6.07 Å². The van der Waals surface area contributed by atoms with Crippen molar-refractivity contribution in [3.05, 3.63) is 17.8 Å². The number of halogens is 3. The Morgan fingerprint density at radius 1 is 1.05 bits per heavy atom. The Bertz CT molecular complexity index is 476. The Morgan fingerprint density at radius 2 is 1.62 bits per heavy atom. The van der Waals surface area contributed by atoms with Crippen LogP contribution in [0.15, 0.2) is 12.1 Å². The van der Waals surface area contributed by atoms with Gasteiger partial charge in [-0.3, -0.25) is 0 Å². The highest BCUT2D eigenvalue weighted by Crippen LogP contribution is 2.46. The third kappa shape index (κ3) is 4.32. The third-order valence-corrected chi connectivity index (χ3v) is 3.86. The monoisotopic (exact) mass is 301 g/mol. The Hall–Kier alpha value is -1.33. The molecule has 0 saturated heterocycles. The molecule has 2 rings (SSSR count). The number of nitrogens with zero attached hydrogens (tertiary/aromatic N) is 2. The highest BCUT2D eigenvalue weighted by molar-refractivity contribution is 5.35. The number of hydrogen-bond donors (Lipinski definition) is 1. The topological polar surface area (TPSA) is 37.8 Å². The van der Waals surface area contributed by atoms with Crippen LogP contribution in [0.2, 0.25) is 0 Å². The summed E-state index contributed by atoms with van der Waals surface area (Å²) in [5.74, 6) is 0.404. The summed E-state index contributed by atoms with van der Waals surface area (Å²) in [6, 6.07) is 2.52. The van der Waals surface area contributed by atoms with Gasteiger partial charge in [0.15, 0.2) is 5.69 Å². The summed E-state index contributed by atoms with van der Waals surface area (Å²) < 4.78 is 37.4. The predicted octanol–water partition coefficient (Wildman–Crippen LogP) is 4.51. The van der Waals surface area contributed by atoms with E-state index < -0.39 is 11.9 Å². The lowest BCUT2D eigenvalue weighted by Gasteiger charge is -2.45. The fourth-order valence-electron chi connectivity index (χ4n) is 3.72. The van der Waals surface area contributed by atoms with Gasteiger partial charge in [0.1, 0.15) is 5.82 Å². The molecule has 0 spiro atoms. The molecule has 6 heteroatoms. The van der Waals surface area contributed by atoms with E-state index in [1.54, 1.807) is 0 Å². The lowest BCUT2D eigenvalue weighted by atomic mass is 9.63. The van der Waals surface area contributed by atoms with E-state index in [0.717, 1.165) is 25.3 Å². The number of anilines is 1. The average Bonchev–Trinajstić information content (AvgIpc) is 2.23. The zero-order chi connectivity index (χ0) is 15.9. The molecule has 1 aliphatic rings. The van der Waals surface area contributed by atoms with Crippen molar-refractivity contribution in [3.63, 3.8) is 0 Å². The van der Waals surface area contributed by atoms with Crippen molar-refractivity contribution in [2.24, 2.45) is 10.8 Å². The van der Waals surface area contributed by atoms with Crippen molar-refractivity contribution in [3.8, 4) is 0 Å². The van der Waals surface area contributed by atoms with Gasteiger partial charge in [0, 0.05) is 6.04 Å². The van der Waals surface area contributed by atoms with Crippen LogP contribution in [-0.2, 0) is 6.18 Å².